The topological polar surface area (TPSA) is 251 Å². The van der Waals surface area contributed by atoms with E-state index in [4.69, 9.17) is 20.6 Å². The summed E-state index contributed by atoms with van der Waals surface area (Å²) in [7, 11) is -58.5. The lowest BCUT2D eigenvalue weighted by Crippen LogP contribution is -2.68. The Morgan fingerprint density at radius 3 is 1.20 bits per heavy atom. The molecule has 0 aliphatic rings. The van der Waals surface area contributed by atoms with Gasteiger partial charge in [0.2, 0.25) is 0 Å². The molecule has 0 saturated heterocycles. The van der Waals surface area contributed by atoms with Crippen molar-refractivity contribution in [1.82, 2.24) is 0 Å². The molecular weight excluding hydrogens is 1020 g/mol. The van der Waals surface area contributed by atoms with Crippen LogP contribution in [0.2, 0.25) is 52.4 Å². The van der Waals surface area contributed by atoms with Crippen molar-refractivity contribution in [3.8, 4) is 0 Å². The van der Waals surface area contributed by atoms with Crippen LogP contribution in [0.3, 0.4) is 0 Å². The molecule has 0 atom stereocenters. The molecule has 4 radical (unpaired) electrons. The molecule has 0 unspecified atom stereocenters. The molecular formula is C20H34O17Si18. The van der Waals surface area contributed by atoms with E-state index in [1.54, 1.807) is 80.3 Å². The van der Waals surface area contributed by atoms with Gasteiger partial charge in [0.15, 0.2) is 16.6 Å². The van der Waals surface area contributed by atoms with Crippen molar-refractivity contribution in [2.24, 2.45) is 0 Å². The Hall–Kier alpha value is -0.576. The van der Waals surface area contributed by atoms with Gasteiger partial charge >= 0.3 is 111 Å². The first-order valence-corrected chi connectivity index (χ1v) is 57.8. The van der Waals surface area contributed by atoms with Crippen molar-refractivity contribution < 1.29 is 74.1 Å². The maximum atomic E-state index is 13.6. The van der Waals surface area contributed by atoms with E-state index < -0.39 is 146 Å². The Morgan fingerprint density at radius 1 is 0.418 bits per heavy atom. The molecule has 0 saturated carbocycles. The molecule has 288 valence electrons. The summed E-state index contributed by atoms with van der Waals surface area (Å²) in [6.45, 7) is 13.7. The van der Waals surface area contributed by atoms with Crippen LogP contribution in [0.4, 0.5) is 0 Å². The largest absolute Gasteiger partial charge is 0.558 e. The Balaban J connectivity index is 2.11. The zero-order chi connectivity index (χ0) is 42.1. The maximum absolute atomic E-state index is 13.6. The zero-order valence-electron chi connectivity index (χ0n) is 30.7. The molecule has 55 heavy (non-hydrogen) atoms. The van der Waals surface area contributed by atoms with Gasteiger partial charge in [0.25, 0.3) is 18.6 Å². The minimum atomic E-state index is -4.06. The molecule has 0 aromatic heterocycles. The lowest BCUT2D eigenvalue weighted by Gasteiger charge is -2.36. The van der Waals surface area contributed by atoms with Gasteiger partial charge in [-0.2, -0.15) is 0 Å². The fourth-order valence-corrected chi connectivity index (χ4v) is 130. The highest BCUT2D eigenvalue weighted by atomic mass is 30.1. The van der Waals surface area contributed by atoms with Crippen molar-refractivity contribution >= 4 is 157 Å². The Labute approximate surface area is 341 Å². The van der Waals surface area contributed by atoms with Crippen molar-refractivity contribution in [1.29, 1.82) is 0 Å². The number of rotatable bonds is 24. The molecule has 0 heterocycles. The Morgan fingerprint density at radius 2 is 0.800 bits per heavy atom. The van der Waals surface area contributed by atoms with E-state index >= 15 is 0 Å². The first kappa shape index (κ1) is 50.6. The SMILES string of the molecule is C[Si](C)(C)O[Si][Si](=O)[Si](=O)[Si](=O)[Si](=O)[Si](=O)[Si](=O)[Si](=O)[Si](=O)[Si](=O)[Si](=O)O[Si](C)(C)O[Si][Si](=O)[Si](=O)O[Si](O[Si](C)(C)C)(c1ccccc1)c1ccccc1. The number of hydrogen-bond acceptors (Lipinski definition) is 17. The predicted molar refractivity (Wildman–Crippen MR) is 216 cm³/mol. The van der Waals surface area contributed by atoms with E-state index in [0.29, 0.717) is 10.4 Å². The molecule has 0 amide bonds. The van der Waals surface area contributed by atoms with Crippen molar-refractivity contribution in [3.05, 3.63) is 60.7 Å². The molecule has 2 aromatic carbocycles. The predicted octanol–water partition coefficient (Wildman–Crippen LogP) is -2.23. The van der Waals surface area contributed by atoms with Crippen molar-refractivity contribution in [2.45, 2.75) is 52.4 Å². The fourth-order valence-electron chi connectivity index (χ4n) is 3.91. The maximum Gasteiger partial charge on any atom is 0.533 e. The van der Waals surface area contributed by atoms with E-state index in [9.17, 15) is 53.5 Å². The molecule has 0 N–H and O–H groups in total. The molecule has 0 bridgehead atoms. The third kappa shape index (κ3) is 15.5. The van der Waals surface area contributed by atoms with Gasteiger partial charge in [-0.25, -0.2) is 0 Å². The van der Waals surface area contributed by atoms with Gasteiger partial charge in [-0.3, -0.25) is 0 Å². The molecule has 0 fully saturated rings. The quantitative estimate of drug-likeness (QED) is 0.101. The molecule has 17 nitrogen and oxygen atoms in total. The van der Waals surface area contributed by atoms with Gasteiger partial charge < -0.3 is 74.1 Å². The van der Waals surface area contributed by atoms with Gasteiger partial charge in [-0.15, -0.1) is 0 Å². The van der Waals surface area contributed by atoms with Crippen LogP contribution < -0.4 is 10.4 Å². The summed E-state index contributed by atoms with van der Waals surface area (Å²) in [5.74, 6) is 0. The summed E-state index contributed by atoms with van der Waals surface area (Å²) < 4.78 is 183. The van der Waals surface area contributed by atoms with Gasteiger partial charge in [0, 0.05) is 10.4 Å². The lowest BCUT2D eigenvalue weighted by atomic mass is 10.4. The Kier molecular flexibility index (Phi) is 19.9. The highest BCUT2D eigenvalue weighted by Crippen LogP contribution is 2.17. The van der Waals surface area contributed by atoms with Crippen LogP contribution in [0.15, 0.2) is 60.7 Å². The zero-order valence-corrected chi connectivity index (χ0v) is 48.7. The molecule has 0 spiro atoms. The minimum Gasteiger partial charge on any atom is -0.558 e. The molecule has 0 aliphatic heterocycles. The monoisotopic (exact) mass is 1050 g/mol. The Bertz CT molecular complexity index is 1920. The van der Waals surface area contributed by atoms with E-state index in [0.717, 1.165) is 0 Å². The van der Waals surface area contributed by atoms with E-state index in [2.05, 4.69) is 0 Å². The third-order valence-corrected chi connectivity index (χ3v) is 99.3. The van der Waals surface area contributed by atoms with Gasteiger partial charge in [-0.1, -0.05) is 60.7 Å². The number of hydrogen-bond donors (Lipinski definition) is 0. The summed E-state index contributed by atoms with van der Waals surface area (Å²) in [5, 5.41) is 1.28. The first-order valence-electron chi connectivity index (χ1n) is 15.8. The molecule has 35 heteroatoms. The smallest absolute Gasteiger partial charge is 0.533 e. The average Bonchev–Trinajstić information content (AvgIpc) is 3.12. The van der Waals surface area contributed by atoms with Crippen LogP contribution in [-0.4, -0.2) is 146 Å². The third-order valence-electron chi connectivity index (χ3n) is 6.19. The standard InChI is InChI=1S/C20H34O17Si18/c1-52(2,3)33-38-43(24)45(26)47(28)49(30)51(32)50(31)48(29)46(27)44(25)41(22)35-54(7,8)34-39-42(23)40(21)36-55(37-53(4,5)6,19-15-11-9-12-16-19)20-17-13-10-14-18-20/h9-18H,1-8H3. The lowest BCUT2D eigenvalue weighted by molar-refractivity contribution is 0.387. The summed E-state index contributed by atoms with van der Waals surface area (Å²) in [4.78, 5) is 0. The van der Waals surface area contributed by atoms with Crippen LogP contribution in [0.5, 0.6) is 0 Å². The highest BCUT2D eigenvalue weighted by Gasteiger charge is 2.54. The van der Waals surface area contributed by atoms with Crippen molar-refractivity contribution in [3.63, 3.8) is 0 Å². The highest BCUT2D eigenvalue weighted by molar-refractivity contribution is 7.77. The fraction of sp³-hybridized carbons (Fsp3) is 0.400. The second kappa shape index (κ2) is 21.6. The minimum absolute atomic E-state index is 0.642. The van der Waals surface area contributed by atoms with Crippen LogP contribution in [-0.2, 0) is 74.1 Å². The summed E-state index contributed by atoms with van der Waals surface area (Å²) in [5.41, 5.74) is 0. The van der Waals surface area contributed by atoms with Gasteiger partial charge in [0.1, 0.15) is 0 Å². The molecule has 0 aliphatic carbocycles. The van der Waals surface area contributed by atoms with Gasteiger partial charge in [0.05, 0.1) is 0 Å². The summed E-state index contributed by atoms with van der Waals surface area (Å²) >= 11 is 0. The van der Waals surface area contributed by atoms with E-state index in [-0.39, 0.29) is 0 Å². The van der Waals surface area contributed by atoms with Crippen molar-refractivity contribution in [2.75, 3.05) is 0 Å². The summed E-state index contributed by atoms with van der Waals surface area (Å²) in [6, 6.07) is 17.8. The average molecular weight is 1050 g/mol. The normalized spacial score (nSPS) is 11.8. The second-order valence-electron chi connectivity index (χ2n) is 13.6. The van der Waals surface area contributed by atoms with Gasteiger partial charge in [-0.05, 0) is 52.4 Å². The van der Waals surface area contributed by atoms with Crippen LogP contribution in [0.25, 0.3) is 0 Å². The van der Waals surface area contributed by atoms with Crippen LogP contribution in [0.1, 0.15) is 0 Å². The molecule has 2 aromatic rings. The van der Waals surface area contributed by atoms with Crippen LogP contribution in [0, 0.1) is 0 Å². The van der Waals surface area contributed by atoms with E-state index in [1.165, 1.54) is 13.1 Å². The summed E-state index contributed by atoms with van der Waals surface area (Å²) in [6.07, 6.45) is 0. The first-order chi connectivity index (χ1) is 25.2. The van der Waals surface area contributed by atoms with E-state index in [1.807, 2.05) is 19.6 Å². The second-order valence-corrected chi connectivity index (χ2v) is 85.3. The number of benzene rings is 2. The van der Waals surface area contributed by atoms with Crippen LogP contribution >= 0.6 is 0 Å². The molecule has 2 rings (SSSR count).